The zero-order valence-electron chi connectivity index (χ0n) is 11.8. The van der Waals surface area contributed by atoms with Crippen LogP contribution in [0, 0.1) is 0 Å². The number of carbonyl (C=O) groups excluding carboxylic acids is 2. The highest BCUT2D eigenvalue weighted by Crippen LogP contribution is 2.03. The molecule has 0 radical (unpaired) electrons. The van der Waals surface area contributed by atoms with E-state index >= 15 is 0 Å². The molecule has 0 heterocycles. The van der Waals surface area contributed by atoms with Crippen LogP contribution in [0.25, 0.3) is 0 Å². The molecule has 0 aromatic carbocycles. The molecule has 3 N–H and O–H groups in total. The predicted octanol–water partition coefficient (Wildman–Crippen LogP) is -0.195. The number of hydrogen-bond donors (Lipinski definition) is 3. The van der Waals surface area contributed by atoms with E-state index in [1.165, 1.54) is 14.0 Å². The van der Waals surface area contributed by atoms with Crippen molar-refractivity contribution in [3.05, 3.63) is 0 Å². The van der Waals surface area contributed by atoms with Crippen LogP contribution in [0.15, 0.2) is 0 Å². The average Bonchev–Trinajstić information content (AvgIpc) is 2.20. The molecule has 0 aliphatic rings. The number of nitrogens with one attached hydrogen (secondary N) is 2. The van der Waals surface area contributed by atoms with E-state index in [0.29, 0.717) is 6.54 Å². The Labute approximate surface area is 108 Å². The molecule has 1 atom stereocenters. The van der Waals surface area contributed by atoms with Gasteiger partial charge < -0.3 is 20.5 Å². The molecule has 0 aliphatic carbocycles. The highest BCUT2D eigenvalue weighted by atomic mass is 16.5. The minimum absolute atomic E-state index is 0.0441. The molecule has 1 amide bonds. The summed E-state index contributed by atoms with van der Waals surface area (Å²) >= 11 is 0. The fourth-order valence-corrected chi connectivity index (χ4v) is 1.31. The van der Waals surface area contributed by atoms with Crippen molar-refractivity contribution in [2.75, 3.05) is 20.2 Å². The lowest BCUT2D eigenvalue weighted by Crippen LogP contribution is -2.47. The Morgan fingerprint density at radius 3 is 2.22 bits per heavy atom. The number of hydrogen-bond acceptors (Lipinski definition) is 5. The van der Waals surface area contributed by atoms with E-state index in [4.69, 9.17) is 0 Å². The molecule has 0 aromatic heterocycles. The molecule has 0 saturated heterocycles. The van der Waals surface area contributed by atoms with Crippen LogP contribution in [0.1, 0.15) is 34.1 Å². The summed E-state index contributed by atoms with van der Waals surface area (Å²) in [6, 6.07) is 0. The quantitative estimate of drug-likeness (QED) is 0.455. The minimum atomic E-state index is -1.57. The third kappa shape index (κ3) is 7.24. The van der Waals surface area contributed by atoms with Gasteiger partial charge in [0.05, 0.1) is 7.11 Å². The van der Waals surface area contributed by atoms with Gasteiger partial charge in [-0.15, -0.1) is 0 Å². The van der Waals surface area contributed by atoms with Crippen LogP contribution in [-0.4, -0.2) is 48.3 Å². The zero-order valence-corrected chi connectivity index (χ0v) is 11.8. The molecule has 6 nitrogen and oxygen atoms in total. The maximum atomic E-state index is 11.5. The van der Waals surface area contributed by atoms with Crippen LogP contribution in [0.4, 0.5) is 0 Å². The van der Waals surface area contributed by atoms with Crippen LogP contribution in [-0.2, 0) is 14.3 Å². The summed E-state index contributed by atoms with van der Waals surface area (Å²) in [5.74, 6) is -0.776. The standard InChI is InChI=1S/C12H24N2O4/c1-11(2,3)14-9(15)6-7-13-8-12(4,17)10(16)18-5/h13,17H,6-8H2,1-5H3,(H,14,15). The van der Waals surface area contributed by atoms with Gasteiger partial charge in [0, 0.05) is 25.0 Å². The molecule has 1 unspecified atom stereocenters. The van der Waals surface area contributed by atoms with Gasteiger partial charge in [-0.1, -0.05) is 0 Å². The summed E-state index contributed by atoms with van der Waals surface area (Å²) in [7, 11) is 1.22. The van der Waals surface area contributed by atoms with Crippen LogP contribution in [0.2, 0.25) is 0 Å². The van der Waals surface area contributed by atoms with Crippen LogP contribution < -0.4 is 10.6 Å². The Kier molecular flexibility index (Phi) is 6.28. The molecule has 6 heteroatoms. The highest BCUT2D eigenvalue weighted by Gasteiger charge is 2.30. The lowest BCUT2D eigenvalue weighted by Gasteiger charge is -2.22. The summed E-state index contributed by atoms with van der Waals surface area (Å²) < 4.78 is 4.45. The van der Waals surface area contributed by atoms with Gasteiger partial charge in [0.2, 0.25) is 5.91 Å². The largest absolute Gasteiger partial charge is 0.467 e. The van der Waals surface area contributed by atoms with Gasteiger partial charge >= 0.3 is 5.97 Å². The summed E-state index contributed by atoms with van der Waals surface area (Å²) in [6.07, 6.45) is 0.286. The van der Waals surface area contributed by atoms with E-state index in [1.807, 2.05) is 20.8 Å². The molecule has 0 bridgehead atoms. The van der Waals surface area contributed by atoms with E-state index < -0.39 is 11.6 Å². The van der Waals surface area contributed by atoms with Crippen LogP contribution in [0.3, 0.4) is 0 Å². The SMILES string of the molecule is COC(=O)C(C)(O)CNCCC(=O)NC(C)(C)C. The number of rotatable bonds is 6. The van der Waals surface area contributed by atoms with Gasteiger partial charge in [-0.3, -0.25) is 4.79 Å². The molecule has 0 fully saturated rings. The van der Waals surface area contributed by atoms with Gasteiger partial charge in [0.15, 0.2) is 5.60 Å². The lowest BCUT2D eigenvalue weighted by molar-refractivity contribution is -0.159. The third-order valence-electron chi connectivity index (χ3n) is 2.14. The van der Waals surface area contributed by atoms with Crippen molar-refractivity contribution in [3.8, 4) is 0 Å². The van der Waals surface area contributed by atoms with E-state index in [0.717, 1.165) is 0 Å². The second-order valence-electron chi connectivity index (χ2n) is 5.49. The first-order chi connectivity index (χ1) is 8.08. The van der Waals surface area contributed by atoms with E-state index in [-0.39, 0.29) is 24.4 Å². The number of amides is 1. The molecule has 0 rings (SSSR count). The minimum Gasteiger partial charge on any atom is -0.467 e. The zero-order chi connectivity index (χ0) is 14.4. The molecule has 0 saturated carbocycles. The second kappa shape index (κ2) is 6.70. The Morgan fingerprint density at radius 2 is 1.78 bits per heavy atom. The summed E-state index contributed by atoms with van der Waals surface area (Å²) in [5, 5.41) is 15.4. The maximum absolute atomic E-state index is 11.5. The van der Waals surface area contributed by atoms with Crippen molar-refractivity contribution >= 4 is 11.9 Å². The van der Waals surface area contributed by atoms with Gasteiger partial charge in [0.1, 0.15) is 0 Å². The highest BCUT2D eigenvalue weighted by molar-refractivity contribution is 5.79. The van der Waals surface area contributed by atoms with Crippen molar-refractivity contribution in [2.45, 2.75) is 45.3 Å². The summed E-state index contributed by atoms with van der Waals surface area (Å²) in [6.45, 7) is 7.50. The first-order valence-electron chi connectivity index (χ1n) is 5.91. The van der Waals surface area contributed by atoms with Crippen molar-refractivity contribution in [1.29, 1.82) is 0 Å². The first-order valence-corrected chi connectivity index (χ1v) is 5.91. The van der Waals surface area contributed by atoms with Crippen molar-refractivity contribution in [1.82, 2.24) is 10.6 Å². The Hall–Kier alpha value is -1.14. The van der Waals surface area contributed by atoms with Gasteiger partial charge in [-0.25, -0.2) is 4.79 Å². The fraction of sp³-hybridized carbons (Fsp3) is 0.833. The summed E-state index contributed by atoms with van der Waals surface area (Å²) in [5.41, 5.74) is -1.83. The van der Waals surface area contributed by atoms with Crippen molar-refractivity contribution in [3.63, 3.8) is 0 Å². The van der Waals surface area contributed by atoms with Crippen molar-refractivity contribution < 1.29 is 19.4 Å². The normalized spacial score (nSPS) is 14.8. The fourth-order valence-electron chi connectivity index (χ4n) is 1.31. The van der Waals surface area contributed by atoms with Crippen molar-refractivity contribution in [2.24, 2.45) is 0 Å². The van der Waals surface area contributed by atoms with Gasteiger partial charge in [0.25, 0.3) is 0 Å². The molecule has 18 heavy (non-hydrogen) atoms. The monoisotopic (exact) mass is 260 g/mol. The molecule has 106 valence electrons. The Balaban J connectivity index is 3.87. The second-order valence-corrected chi connectivity index (χ2v) is 5.49. The van der Waals surface area contributed by atoms with Gasteiger partial charge in [-0.2, -0.15) is 0 Å². The number of ether oxygens (including phenoxy) is 1. The molecular weight excluding hydrogens is 236 g/mol. The molecule has 0 aliphatic heterocycles. The molecular formula is C12H24N2O4. The third-order valence-corrected chi connectivity index (χ3v) is 2.14. The number of esters is 1. The van der Waals surface area contributed by atoms with Crippen LogP contribution >= 0.6 is 0 Å². The maximum Gasteiger partial charge on any atom is 0.338 e. The van der Waals surface area contributed by atoms with E-state index in [1.54, 1.807) is 0 Å². The summed E-state index contributed by atoms with van der Waals surface area (Å²) in [4.78, 5) is 22.6. The smallest absolute Gasteiger partial charge is 0.338 e. The number of carbonyl (C=O) groups is 2. The number of methoxy groups -OCH3 is 1. The first kappa shape index (κ1) is 16.9. The van der Waals surface area contributed by atoms with Gasteiger partial charge in [-0.05, 0) is 27.7 Å². The number of aliphatic hydroxyl groups is 1. The predicted molar refractivity (Wildman–Crippen MR) is 68.0 cm³/mol. The lowest BCUT2D eigenvalue weighted by atomic mass is 10.1. The van der Waals surface area contributed by atoms with Crippen LogP contribution in [0.5, 0.6) is 0 Å². The molecule has 0 aromatic rings. The topological polar surface area (TPSA) is 87.7 Å². The Bertz CT molecular complexity index is 295. The average molecular weight is 260 g/mol. The van der Waals surface area contributed by atoms with E-state index in [9.17, 15) is 14.7 Å². The Morgan fingerprint density at radius 1 is 1.22 bits per heavy atom. The van der Waals surface area contributed by atoms with E-state index in [2.05, 4.69) is 15.4 Å². The molecule has 0 spiro atoms.